The van der Waals surface area contributed by atoms with Gasteiger partial charge in [-0.3, -0.25) is 9.52 Å². The summed E-state index contributed by atoms with van der Waals surface area (Å²) in [6, 6.07) is 9.77. The largest absolute Gasteiger partial charge is 0.350 e. The highest BCUT2D eigenvalue weighted by molar-refractivity contribution is 7.92. The summed E-state index contributed by atoms with van der Waals surface area (Å²) in [6.07, 6.45) is 0.758. The maximum atomic E-state index is 13.2. The molecule has 0 aliphatic carbocycles. The van der Waals surface area contributed by atoms with Crippen molar-refractivity contribution in [3.63, 3.8) is 0 Å². The average molecular weight is 364 g/mol. The molecule has 7 heteroatoms. The zero-order chi connectivity index (χ0) is 18.6. The third kappa shape index (κ3) is 4.57. The summed E-state index contributed by atoms with van der Waals surface area (Å²) < 4.78 is 40.9. The summed E-state index contributed by atoms with van der Waals surface area (Å²) in [5.41, 5.74) is 0.687. The van der Waals surface area contributed by atoms with E-state index < -0.39 is 15.8 Å². The second kappa shape index (κ2) is 7.65. The highest BCUT2D eigenvalue weighted by Gasteiger charge is 2.21. The molecule has 2 rings (SSSR count). The zero-order valence-electron chi connectivity index (χ0n) is 14.3. The third-order valence-corrected chi connectivity index (χ3v) is 5.36. The van der Waals surface area contributed by atoms with E-state index in [9.17, 15) is 17.6 Å². The maximum absolute atomic E-state index is 13.2. The lowest BCUT2D eigenvalue weighted by atomic mass is 10.1. The standard InChI is InChI=1S/C18H21FN2O3S/c1-4-13(3)20-18(22)15-7-5-6-8-16(15)21-25(23,24)17-10-9-14(19)11-12(17)2/h5-11,13,21H,4H2,1-3H3,(H,20,22)/t13-/m1/s1. The van der Waals surface area contributed by atoms with Crippen LogP contribution in [0.25, 0.3) is 0 Å². The van der Waals surface area contributed by atoms with Crippen molar-refractivity contribution < 1.29 is 17.6 Å². The number of hydrogen-bond donors (Lipinski definition) is 2. The van der Waals surface area contributed by atoms with Crippen molar-refractivity contribution in [1.29, 1.82) is 0 Å². The van der Waals surface area contributed by atoms with Crippen LogP contribution in [0.15, 0.2) is 47.4 Å². The van der Waals surface area contributed by atoms with Gasteiger partial charge in [-0.05, 0) is 56.2 Å². The number of para-hydroxylation sites is 1. The summed E-state index contributed by atoms with van der Waals surface area (Å²) in [5.74, 6) is -0.867. The predicted molar refractivity (Wildman–Crippen MR) is 95.6 cm³/mol. The van der Waals surface area contributed by atoms with Gasteiger partial charge in [-0.25, -0.2) is 12.8 Å². The van der Waals surface area contributed by atoms with Gasteiger partial charge < -0.3 is 5.32 Å². The fraction of sp³-hybridized carbons (Fsp3) is 0.278. The minimum absolute atomic E-state index is 0.0310. The van der Waals surface area contributed by atoms with Gasteiger partial charge in [-0.2, -0.15) is 0 Å². The van der Waals surface area contributed by atoms with E-state index in [1.54, 1.807) is 18.2 Å². The molecule has 5 nitrogen and oxygen atoms in total. The molecular formula is C18H21FN2O3S. The lowest BCUT2D eigenvalue weighted by molar-refractivity contribution is 0.0940. The Kier molecular flexibility index (Phi) is 5.79. The molecule has 0 aliphatic rings. The van der Waals surface area contributed by atoms with E-state index in [0.29, 0.717) is 0 Å². The molecule has 25 heavy (non-hydrogen) atoms. The van der Waals surface area contributed by atoms with Crippen molar-refractivity contribution in [3.8, 4) is 0 Å². The van der Waals surface area contributed by atoms with E-state index in [1.165, 1.54) is 19.1 Å². The van der Waals surface area contributed by atoms with E-state index in [2.05, 4.69) is 10.0 Å². The first kappa shape index (κ1) is 18.9. The lowest BCUT2D eigenvalue weighted by Crippen LogP contribution is -2.32. The number of nitrogens with one attached hydrogen (secondary N) is 2. The topological polar surface area (TPSA) is 75.3 Å². The quantitative estimate of drug-likeness (QED) is 0.824. The number of amides is 1. The Hall–Kier alpha value is -2.41. The normalized spacial score (nSPS) is 12.5. The van der Waals surface area contributed by atoms with E-state index >= 15 is 0 Å². The Morgan fingerprint density at radius 2 is 1.88 bits per heavy atom. The van der Waals surface area contributed by atoms with Crippen LogP contribution in [0.4, 0.5) is 10.1 Å². The first-order valence-electron chi connectivity index (χ1n) is 7.93. The van der Waals surface area contributed by atoms with E-state index in [4.69, 9.17) is 0 Å². The maximum Gasteiger partial charge on any atom is 0.262 e. The number of anilines is 1. The molecule has 0 heterocycles. The molecule has 2 aromatic carbocycles. The van der Waals surface area contributed by atoms with Crippen LogP contribution in [0.3, 0.4) is 0 Å². The van der Waals surface area contributed by atoms with Gasteiger partial charge in [-0.1, -0.05) is 19.1 Å². The molecule has 0 bridgehead atoms. The second-order valence-corrected chi connectivity index (χ2v) is 7.49. The average Bonchev–Trinajstić information content (AvgIpc) is 2.54. The van der Waals surface area contributed by atoms with Gasteiger partial charge in [0, 0.05) is 6.04 Å². The molecule has 0 radical (unpaired) electrons. The molecule has 0 saturated carbocycles. The molecule has 2 N–H and O–H groups in total. The summed E-state index contributed by atoms with van der Waals surface area (Å²) in [7, 11) is -3.95. The monoisotopic (exact) mass is 364 g/mol. The Balaban J connectivity index is 2.35. The number of benzene rings is 2. The smallest absolute Gasteiger partial charge is 0.262 e. The Bertz CT molecular complexity index is 882. The van der Waals surface area contributed by atoms with E-state index in [1.807, 2.05) is 13.8 Å². The van der Waals surface area contributed by atoms with Crippen molar-refractivity contribution in [2.45, 2.75) is 38.1 Å². The molecule has 0 saturated heterocycles. The van der Waals surface area contributed by atoms with Gasteiger partial charge in [0.15, 0.2) is 0 Å². The minimum Gasteiger partial charge on any atom is -0.350 e. The fourth-order valence-electron chi connectivity index (χ4n) is 2.29. The van der Waals surface area contributed by atoms with E-state index in [-0.39, 0.29) is 33.7 Å². The lowest BCUT2D eigenvalue weighted by Gasteiger charge is -2.16. The van der Waals surface area contributed by atoms with Crippen molar-refractivity contribution in [1.82, 2.24) is 5.32 Å². The molecule has 134 valence electrons. The Morgan fingerprint density at radius 1 is 1.20 bits per heavy atom. The molecule has 0 spiro atoms. The molecule has 0 aliphatic heterocycles. The summed E-state index contributed by atoms with van der Waals surface area (Å²) in [4.78, 5) is 12.3. The van der Waals surface area contributed by atoms with Crippen LogP contribution in [0.1, 0.15) is 36.2 Å². The predicted octanol–water partition coefficient (Wildman–Crippen LogP) is 3.46. The Morgan fingerprint density at radius 3 is 2.52 bits per heavy atom. The van der Waals surface area contributed by atoms with Crippen LogP contribution in [-0.2, 0) is 10.0 Å². The minimum atomic E-state index is -3.95. The summed E-state index contributed by atoms with van der Waals surface area (Å²) in [6.45, 7) is 5.32. The molecular weight excluding hydrogens is 343 g/mol. The fourth-order valence-corrected chi connectivity index (χ4v) is 3.60. The molecule has 1 atom stereocenters. The van der Waals surface area contributed by atoms with Gasteiger partial charge >= 0.3 is 0 Å². The van der Waals surface area contributed by atoms with Crippen LogP contribution in [0, 0.1) is 12.7 Å². The SMILES string of the molecule is CC[C@@H](C)NC(=O)c1ccccc1NS(=O)(=O)c1ccc(F)cc1C. The highest BCUT2D eigenvalue weighted by atomic mass is 32.2. The van der Waals surface area contributed by atoms with Gasteiger partial charge in [0.25, 0.3) is 15.9 Å². The number of hydrogen-bond acceptors (Lipinski definition) is 3. The highest BCUT2D eigenvalue weighted by Crippen LogP contribution is 2.23. The van der Waals surface area contributed by atoms with Crippen molar-refractivity contribution in [2.75, 3.05) is 4.72 Å². The van der Waals surface area contributed by atoms with Crippen LogP contribution in [0.5, 0.6) is 0 Å². The van der Waals surface area contributed by atoms with Gasteiger partial charge in [-0.15, -0.1) is 0 Å². The first-order valence-corrected chi connectivity index (χ1v) is 9.41. The number of carbonyl (C=O) groups excluding carboxylic acids is 1. The van der Waals surface area contributed by atoms with Crippen molar-refractivity contribution in [2.24, 2.45) is 0 Å². The molecule has 0 aromatic heterocycles. The summed E-state index contributed by atoms with van der Waals surface area (Å²) in [5, 5.41) is 2.81. The number of halogens is 1. The number of carbonyl (C=O) groups is 1. The third-order valence-electron chi connectivity index (χ3n) is 3.83. The van der Waals surface area contributed by atoms with E-state index in [0.717, 1.165) is 18.6 Å². The van der Waals surface area contributed by atoms with Crippen LogP contribution < -0.4 is 10.0 Å². The van der Waals surface area contributed by atoms with Crippen molar-refractivity contribution in [3.05, 3.63) is 59.4 Å². The first-order chi connectivity index (χ1) is 11.7. The van der Waals surface area contributed by atoms with Gasteiger partial charge in [0.2, 0.25) is 0 Å². The second-order valence-electron chi connectivity index (χ2n) is 5.84. The molecule has 1 amide bonds. The van der Waals surface area contributed by atoms with Gasteiger partial charge in [0.1, 0.15) is 5.82 Å². The van der Waals surface area contributed by atoms with Crippen molar-refractivity contribution >= 4 is 21.6 Å². The number of rotatable bonds is 6. The van der Waals surface area contributed by atoms with Crippen LogP contribution in [0.2, 0.25) is 0 Å². The van der Waals surface area contributed by atoms with Gasteiger partial charge in [0.05, 0.1) is 16.1 Å². The Labute approximate surface area is 147 Å². The molecule has 2 aromatic rings. The summed E-state index contributed by atoms with van der Waals surface area (Å²) >= 11 is 0. The molecule has 0 fully saturated rings. The number of sulfonamides is 1. The zero-order valence-corrected chi connectivity index (χ0v) is 15.2. The van der Waals surface area contributed by atoms with Crippen LogP contribution in [-0.4, -0.2) is 20.4 Å². The number of aryl methyl sites for hydroxylation is 1. The molecule has 0 unspecified atom stereocenters. The van der Waals surface area contributed by atoms with Crippen LogP contribution >= 0.6 is 0 Å².